The smallest absolute Gasteiger partial charge is 0.230 e. The molecule has 1 amide bonds. The number of ether oxygens (including phenoxy) is 1. The molecule has 5 nitrogen and oxygen atoms in total. The zero-order valence-corrected chi connectivity index (χ0v) is 15.7. The number of nitrogens with one attached hydrogen (secondary N) is 1. The van der Waals surface area contributed by atoms with Crippen molar-refractivity contribution in [1.82, 2.24) is 14.9 Å². The Bertz CT molecular complexity index is 693. The molecule has 1 saturated carbocycles. The number of thioether (sulfide) groups is 1. The molecule has 1 aliphatic carbocycles. The maximum Gasteiger partial charge on any atom is 0.230 e. The molecule has 1 N–H and O–H groups in total. The molecule has 0 radical (unpaired) electrons. The van der Waals surface area contributed by atoms with Gasteiger partial charge in [-0.15, -0.1) is 0 Å². The number of para-hydroxylation sites is 2. The van der Waals surface area contributed by atoms with Gasteiger partial charge < -0.3 is 14.6 Å². The summed E-state index contributed by atoms with van der Waals surface area (Å²) in [4.78, 5) is 17.0. The minimum absolute atomic E-state index is 0.113. The Morgan fingerprint density at radius 3 is 2.80 bits per heavy atom. The van der Waals surface area contributed by atoms with Gasteiger partial charge in [0.15, 0.2) is 5.16 Å². The number of hydrogen-bond acceptors (Lipinski definition) is 4. The van der Waals surface area contributed by atoms with E-state index in [9.17, 15) is 4.79 Å². The predicted octanol–water partition coefficient (Wildman–Crippen LogP) is 3.61. The van der Waals surface area contributed by atoms with Gasteiger partial charge in [-0.3, -0.25) is 4.79 Å². The molecule has 1 fully saturated rings. The lowest BCUT2D eigenvalue weighted by Crippen LogP contribution is -2.35. The molecule has 1 aliphatic rings. The monoisotopic (exact) mass is 361 g/mol. The number of methoxy groups -OCH3 is 1. The number of fused-ring (bicyclic) bond motifs is 1. The number of benzene rings is 1. The van der Waals surface area contributed by atoms with Gasteiger partial charge in [0, 0.05) is 19.7 Å². The molecule has 0 aliphatic heterocycles. The Balaban J connectivity index is 1.62. The predicted molar refractivity (Wildman–Crippen MR) is 102 cm³/mol. The highest BCUT2D eigenvalue weighted by Crippen LogP contribution is 2.24. The second kappa shape index (κ2) is 9.25. The lowest BCUT2D eigenvalue weighted by Gasteiger charge is -2.16. The first-order valence-corrected chi connectivity index (χ1v) is 10.1. The first-order valence-electron chi connectivity index (χ1n) is 9.14. The van der Waals surface area contributed by atoms with E-state index in [1.807, 2.05) is 18.2 Å². The number of hydrogen-bond donors (Lipinski definition) is 1. The minimum Gasteiger partial charge on any atom is -0.383 e. The molecular weight excluding hydrogens is 334 g/mol. The summed E-state index contributed by atoms with van der Waals surface area (Å²) >= 11 is 1.51. The average molecular weight is 362 g/mol. The van der Waals surface area contributed by atoms with Crippen LogP contribution in [0.2, 0.25) is 0 Å². The van der Waals surface area contributed by atoms with Crippen LogP contribution in [-0.2, 0) is 16.1 Å². The molecule has 25 heavy (non-hydrogen) atoms. The fourth-order valence-corrected chi connectivity index (χ4v) is 4.24. The first-order chi connectivity index (χ1) is 12.3. The summed E-state index contributed by atoms with van der Waals surface area (Å²) in [5.74, 6) is 0.523. The number of nitrogens with zero attached hydrogens (tertiary/aromatic N) is 2. The van der Waals surface area contributed by atoms with E-state index in [4.69, 9.17) is 4.74 Å². The molecule has 1 aromatic heterocycles. The van der Waals surface area contributed by atoms with Crippen molar-refractivity contribution < 1.29 is 9.53 Å². The third kappa shape index (κ3) is 4.98. The van der Waals surface area contributed by atoms with Crippen molar-refractivity contribution in [3.05, 3.63) is 24.3 Å². The summed E-state index contributed by atoms with van der Waals surface area (Å²) in [6.07, 6.45) is 7.27. The molecule has 0 saturated heterocycles. The van der Waals surface area contributed by atoms with Crippen LogP contribution in [0.25, 0.3) is 11.0 Å². The standard InChI is InChI=1S/C19H27N3O2S/c1-24-13-12-22-17-11-7-6-10-16(17)21-19(22)25-14-18(23)20-15-8-4-2-3-5-9-15/h6-7,10-11,15H,2-5,8-9,12-14H2,1H3,(H,20,23). The summed E-state index contributed by atoms with van der Waals surface area (Å²) in [6.45, 7) is 1.37. The van der Waals surface area contributed by atoms with E-state index in [0.717, 1.165) is 35.6 Å². The number of rotatable bonds is 7. The zero-order valence-electron chi connectivity index (χ0n) is 14.9. The summed E-state index contributed by atoms with van der Waals surface area (Å²) < 4.78 is 7.36. The lowest BCUT2D eigenvalue weighted by molar-refractivity contribution is -0.119. The highest BCUT2D eigenvalue weighted by Gasteiger charge is 2.16. The van der Waals surface area contributed by atoms with E-state index in [0.29, 0.717) is 18.4 Å². The highest BCUT2D eigenvalue weighted by atomic mass is 32.2. The maximum atomic E-state index is 12.3. The SMILES string of the molecule is COCCn1c(SCC(=O)NC2CCCCCC2)nc2ccccc21. The number of aromatic nitrogens is 2. The second-order valence-electron chi connectivity index (χ2n) is 6.57. The van der Waals surface area contributed by atoms with Crippen molar-refractivity contribution in [2.45, 2.75) is 56.3 Å². The molecule has 136 valence electrons. The molecule has 3 rings (SSSR count). The zero-order chi connectivity index (χ0) is 17.5. The fraction of sp³-hybridized carbons (Fsp3) is 0.579. The third-order valence-electron chi connectivity index (χ3n) is 4.69. The Morgan fingerprint density at radius 1 is 1.28 bits per heavy atom. The number of carbonyl (C=O) groups excluding carboxylic acids is 1. The second-order valence-corrected chi connectivity index (χ2v) is 7.51. The molecule has 0 atom stereocenters. The molecular formula is C19H27N3O2S. The van der Waals surface area contributed by atoms with Crippen LogP contribution >= 0.6 is 11.8 Å². The van der Waals surface area contributed by atoms with Gasteiger partial charge in [0.05, 0.1) is 23.4 Å². The van der Waals surface area contributed by atoms with Crippen molar-refractivity contribution in [3.8, 4) is 0 Å². The highest BCUT2D eigenvalue weighted by molar-refractivity contribution is 7.99. The van der Waals surface area contributed by atoms with Gasteiger partial charge in [-0.25, -0.2) is 4.98 Å². The van der Waals surface area contributed by atoms with Crippen LogP contribution < -0.4 is 5.32 Å². The number of amides is 1. The van der Waals surface area contributed by atoms with Gasteiger partial charge in [-0.05, 0) is 25.0 Å². The van der Waals surface area contributed by atoms with E-state index in [2.05, 4.69) is 20.9 Å². The van der Waals surface area contributed by atoms with E-state index >= 15 is 0 Å². The molecule has 0 spiro atoms. The Kier molecular flexibility index (Phi) is 6.76. The average Bonchev–Trinajstić information content (AvgIpc) is 2.77. The van der Waals surface area contributed by atoms with Crippen molar-refractivity contribution in [2.24, 2.45) is 0 Å². The summed E-state index contributed by atoms with van der Waals surface area (Å²) in [7, 11) is 1.70. The Morgan fingerprint density at radius 2 is 2.04 bits per heavy atom. The van der Waals surface area contributed by atoms with Crippen molar-refractivity contribution >= 4 is 28.7 Å². The van der Waals surface area contributed by atoms with Gasteiger partial charge >= 0.3 is 0 Å². The van der Waals surface area contributed by atoms with Gasteiger partial charge in [-0.2, -0.15) is 0 Å². The number of carbonyl (C=O) groups is 1. The fourth-order valence-electron chi connectivity index (χ4n) is 3.39. The summed E-state index contributed by atoms with van der Waals surface area (Å²) in [5, 5.41) is 4.09. The van der Waals surface area contributed by atoms with E-state index in [-0.39, 0.29) is 5.91 Å². The van der Waals surface area contributed by atoms with Gasteiger partial charge in [0.1, 0.15) is 0 Å². The molecule has 0 unspecified atom stereocenters. The van der Waals surface area contributed by atoms with Crippen LogP contribution in [-0.4, -0.2) is 41.0 Å². The van der Waals surface area contributed by atoms with Crippen molar-refractivity contribution in [3.63, 3.8) is 0 Å². The van der Waals surface area contributed by atoms with E-state index in [1.165, 1.54) is 37.4 Å². The lowest BCUT2D eigenvalue weighted by atomic mass is 10.1. The normalized spacial score (nSPS) is 16.0. The van der Waals surface area contributed by atoms with Gasteiger partial charge in [0.2, 0.25) is 5.91 Å². The molecule has 0 bridgehead atoms. The largest absolute Gasteiger partial charge is 0.383 e. The number of imidazole rings is 1. The van der Waals surface area contributed by atoms with Crippen LogP contribution in [0.4, 0.5) is 0 Å². The van der Waals surface area contributed by atoms with Crippen LogP contribution in [0.15, 0.2) is 29.4 Å². The molecule has 2 aromatic rings. The topological polar surface area (TPSA) is 56.1 Å². The molecule has 6 heteroatoms. The van der Waals surface area contributed by atoms with Crippen molar-refractivity contribution in [2.75, 3.05) is 19.5 Å². The van der Waals surface area contributed by atoms with E-state index < -0.39 is 0 Å². The minimum atomic E-state index is 0.113. The van der Waals surface area contributed by atoms with Crippen molar-refractivity contribution in [1.29, 1.82) is 0 Å². The van der Waals surface area contributed by atoms with Gasteiger partial charge in [0.25, 0.3) is 0 Å². The van der Waals surface area contributed by atoms with Crippen LogP contribution in [0.1, 0.15) is 38.5 Å². The summed E-state index contributed by atoms with van der Waals surface area (Å²) in [6, 6.07) is 8.42. The van der Waals surface area contributed by atoms with Crippen LogP contribution in [0.3, 0.4) is 0 Å². The molecule has 1 aromatic carbocycles. The third-order valence-corrected chi connectivity index (χ3v) is 5.67. The quantitative estimate of drug-likeness (QED) is 0.604. The first kappa shape index (κ1) is 18.3. The van der Waals surface area contributed by atoms with Crippen LogP contribution in [0.5, 0.6) is 0 Å². The maximum absolute atomic E-state index is 12.3. The molecule has 1 heterocycles. The van der Waals surface area contributed by atoms with Crippen LogP contribution in [0, 0.1) is 0 Å². The van der Waals surface area contributed by atoms with E-state index in [1.54, 1.807) is 7.11 Å². The summed E-state index contributed by atoms with van der Waals surface area (Å²) in [5.41, 5.74) is 2.05. The Labute approximate surface area is 153 Å². The van der Waals surface area contributed by atoms with Gasteiger partial charge in [-0.1, -0.05) is 49.6 Å². The Hall–Kier alpha value is -1.53.